The highest BCUT2D eigenvalue weighted by molar-refractivity contribution is 5.89. The maximum absolute atomic E-state index is 12.2. The van der Waals surface area contributed by atoms with E-state index in [1.54, 1.807) is 0 Å². The van der Waals surface area contributed by atoms with Crippen LogP contribution in [0.3, 0.4) is 0 Å². The molecular weight excluding hydrogens is 464 g/mol. The van der Waals surface area contributed by atoms with Crippen LogP contribution in [0.5, 0.6) is 0 Å². The van der Waals surface area contributed by atoms with Crippen molar-refractivity contribution in [1.29, 1.82) is 0 Å². The Morgan fingerprint density at radius 2 is 0.914 bits per heavy atom. The van der Waals surface area contributed by atoms with E-state index in [0.717, 1.165) is 63.2 Å². The molecule has 0 aliphatic rings. The van der Waals surface area contributed by atoms with E-state index >= 15 is 0 Å². The quantitative estimate of drug-likeness (QED) is 0.322. The summed E-state index contributed by atoms with van der Waals surface area (Å²) >= 11 is 0. The minimum atomic E-state index is -0.279. The molecule has 0 N–H and O–H groups in total. The zero-order valence-corrected chi connectivity index (χ0v) is 22.4. The number of aryl methyl sites for hydroxylation is 2. The number of rotatable bonds is 15. The smallest absolute Gasteiger partial charge is 0.338 e. The number of halogens is 1. The molecule has 0 amide bonds. The van der Waals surface area contributed by atoms with Crippen LogP contribution in [0, 0.1) is 0 Å². The van der Waals surface area contributed by atoms with Gasteiger partial charge in [0.25, 0.3) is 0 Å². The molecule has 0 atom stereocenters. The van der Waals surface area contributed by atoms with E-state index < -0.39 is 0 Å². The third-order valence-electron chi connectivity index (χ3n) is 6.15. The Morgan fingerprint density at radius 3 is 1.20 bits per heavy atom. The van der Waals surface area contributed by atoms with Crippen LogP contribution < -0.4 is 0 Å². The summed E-state index contributed by atoms with van der Waals surface area (Å²) in [6, 6.07) is 15.2. The predicted molar refractivity (Wildman–Crippen MR) is 144 cm³/mol. The zero-order chi connectivity index (χ0) is 24.8. The van der Waals surface area contributed by atoms with E-state index in [-0.39, 0.29) is 24.3 Å². The third kappa shape index (κ3) is 10.8. The fourth-order valence-electron chi connectivity index (χ4n) is 3.68. The van der Waals surface area contributed by atoms with Crippen LogP contribution in [0.1, 0.15) is 59.5 Å². The average Bonchev–Trinajstić information content (AvgIpc) is 2.88. The molecule has 0 fully saturated rings. The van der Waals surface area contributed by atoms with Crippen molar-refractivity contribution >= 4 is 24.3 Å². The molecule has 0 aliphatic carbocycles. The SMILES string of the molecule is CCN(CC)CCOC(=O)c1ccc(CCc2ccc(C(=O)OCCN(CC)CC)cc2)cc1.Cl. The molecule has 194 valence electrons. The van der Waals surface area contributed by atoms with Crippen molar-refractivity contribution in [2.45, 2.75) is 40.5 Å². The van der Waals surface area contributed by atoms with Crippen LogP contribution >= 0.6 is 12.4 Å². The average molecular weight is 505 g/mol. The lowest BCUT2D eigenvalue weighted by molar-refractivity contribution is 0.0457. The molecule has 2 aromatic rings. The van der Waals surface area contributed by atoms with Gasteiger partial charge in [-0.15, -0.1) is 12.4 Å². The number of nitrogens with zero attached hydrogens (tertiary/aromatic N) is 2. The summed E-state index contributed by atoms with van der Waals surface area (Å²) in [6.45, 7) is 14.5. The summed E-state index contributed by atoms with van der Waals surface area (Å²) in [7, 11) is 0. The maximum Gasteiger partial charge on any atom is 0.338 e. The number of esters is 2. The van der Waals surface area contributed by atoms with Gasteiger partial charge in [-0.3, -0.25) is 0 Å². The first kappa shape index (κ1) is 30.6. The predicted octanol–water partition coefficient (Wildman–Crippen LogP) is 4.89. The minimum absolute atomic E-state index is 0. The van der Waals surface area contributed by atoms with Crippen molar-refractivity contribution in [3.63, 3.8) is 0 Å². The molecule has 0 bridgehead atoms. The molecule has 0 aliphatic heterocycles. The molecule has 0 radical (unpaired) electrons. The largest absolute Gasteiger partial charge is 0.461 e. The second kappa shape index (κ2) is 17.1. The second-order valence-electron chi connectivity index (χ2n) is 8.22. The van der Waals surface area contributed by atoms with Crippen LogP contribution in [0.2, 0.25) is 0 Å². The van der Waals surface area contributed by atoms with E-state index in [9.17, 15) is 9.59 Å². The summed E-state index contributed by atoms with van der Waals surface area (Å²) < 4.78 is 10.8. The van der Waals surface area contributed by atoms with Gasteiger partial charge in [-0.25, -0.2) is 9.59 Å². The van der Waals surface area contributed by atoms with Gasteiger partial charge in [0.1, 0.15) is 13.2 Å². The molecule has 0 unspecified atom stereocenters. The summed E-state index contributed by atoms with van der Waals surface area (Å²) in [5.74, 6) is -0.559. The summed E-state index contributed by atoms with van der Waals surface area (Å²) in [6.07, 6.45) is 1.70. The van der Waals surface area contributed by atoms with Gasteiger partial charge in [-0.1, -0.05) is 52.0 Å². The van der Waals surface area contributed by atoms with Gasteiger partial charge < -0.3 is 19.3 Å². The molecule has 2 aromatic carbocycles. The summed E-state index contributed by atoms with van der Waals surface area (Å²) in [5.41, 5.74) is 3.46. The number of likely N-dealkylation sites (N-methyl/N-ethyl adjacent to an activating group) is 2. The van der Waals surface area contributed by atoms with Crippen LogP contribution in [0.15, 0.2) is 48.5 Å². The number of ether oxygens (including phenoxy) is 2. The van der Waals surface area contributed by atoms with Gasteiger partial charge >= 0.3 is 11.9 Å². The van der Waals surface area contributed by atoms with Gasteiger partial charge in [0.15, 0.2) is 0 Å². The molecule has 0 spiro atoms. The molecular formula is C28H41ClN2O4. The van der Waals surface area contributed by atoms with Crippen LogP contribution in [-0.2, 0) is 22.3 Å². The lowest BCUT2D eigenvalue weighted by Gasteiger charge is -2.17. The summed E-state index contributed by atoms with van der Waals surface area (Å²) in [4.78, 5) is 28.9. The fourth-order valence-corrected chi connectivity index (χ4v) is 3.68. The van der Waals surface area contributed by atoms with Crippen LogP contribution in [0.4, 0.5) is 0 Å². The van der Waals surface area contributed by atoms with Gasteiger partial charge in [0, 0.05) is 13.1 Å². The van der Waals surface area contributed by atoms with Crippen molar-refractivity contribution in [3.05, 3.63) is 70.8 Å². The topological polar surface area (TPSA) is 59.1 Å². The summed E-state index contributed by atoms with van der Waals surface area (Å²) in [5, 5.41) is 0. The number of benzene rings is 2. The van der Waals surface area contributed by atoms with Crippen molar-refractivity contribution < 1.29 is 19.1 Å². The van der Waals surface area contributed by atoms with Crippen molar-refractivity contribution in [1.82, 2.24) is 9.80 Å². The lowest BCUT2D eigenvalue weighted by Crippen LogP contribution is -2.27. The number of hydrogen-bond donors (Lipinski definition) is 0. The lowest BCUT2D eigenvalue weighted by atomic mass is 10.0. The maximum atomic E-state index is 12.2. The van der Waals surface area contributed by atoms with E-state index in [2.05, 4.69) is 37.5 Å². The molecule has 2 rings (SSSR count). The Balaban J connectivity index is 0.00000612. The van der Waals surface area contributed by atoms with Gasteiger partial charge in [0.2, 0.25) is 0 Å². The first-order chi connectivity index (χ1) is 16.5. The Morgan fingerprint density at radius 1 is 0.600 bits per heavy atom. The van der Waals surface area contributed by atoms with Crippen molar-refractivity contribution in [2.75, 3.05) is 52.5 Å². The van der Waals surface area contributed by atoms with Gasteiger partial charge in [-0.2, -0.15) is 0 Å². The highest BCUT2D eigenvalue weighted by atomic mass is 35.5. The van der Waals surface area contributed by atoms with E-state index in [0.29, 0.717) is 24.3 Å². The molecule has 0 saturated carbocycles. The van der Waals surface area contributed by atoms with Crippen LogP contribution in [-0.4, -0.2) is 74.2 Å². The molecule has 35 heavy (non-hydrogen) atoms. The first-order valence-electron chi connectivity index (χ1n) is 12.5. The van der Waals surface area contributed by atoms with Gasteiger partial charge in [-0.05, 0) is 74.4 Å². The monoisotopic (exact) mass is 504 g/mol. The molecule has 7 heteroatoms. The van der Waals surface area contributed by atoms with E-state index in [1.807, 2.05) is 48.5 Å². The third-order valence-corrected chi connectivity index (χ3v) is 6.15. The number of carbonyl (C=O) groups excluding carboxylic acids is 2. The molecule has 0 saturated heterocycles. The molecule has 0 aromatic heterocycles. The Hall–Kier alpha value is -2.41. The van der Waals surface area contributed by atoms with Crippen molar-refractivity contribution in [3.8, 4) is 0 Å². The Labute approximate surface area is 217 Å². The van der Waals surface area contributed by atoms with E-state index in [1.165, 1.54) is 0 Å². The molecule has 0 heterocycles. The standard InChI is InChI=1S/C28H40N2O4.ClH/c1-5-29(6-2)19-21-33-27(31)25-15-11-23(12-16-25)9-10-24-13-17-26(18-14-24)28(32)34-22-20-30(7-3)8-4;/h11-18H,5-10,19-22H2,1-4H3;1H. The minimum Gasteiger partial charge on any atom is -0.461 e. The Bertz CT molecular complexity index is 790. The highest BCUT2D eigenvalue weighted by Crippen LogP contribution is 2.12. The Kier molecular flexibility index (Phi) is 15.0. The first-order valence-corrected chi connectivity index (χ1v) is 12.5. The second-order valence-corrected chi connectivity index (χ2v) is 8.22. The number of hydrogen-bond acceptors (Lipinski definition) is 6. The van der Waals surface area contributed by atoms with Crippen molar-refractivity contribution in [2.24, 2.45) is 0 Å². The van der Waals surface area contributed by atoms with E-state index in [4.69, 9.17) is 9.47 Å². The number of carbonyl (C=O) groups is 2. The fraction of sp³-hybridized carbons (Fsp3) is 0.500. The molecule has 6 nitrogen and oxygen atoms in total. The van der Waals surface area contributed by atoms with Crippen LogP contribution in [0.25, 0.3) is 0 Å². The zero-order valence-electron chi connectivity index (χ0n) is 21.6. The highest BCUT2D eigenvalue weighted by Gasteiger charge is 2.10. The normalized spacial score (nSPS) is 10.8. The van der Waals surface area contributed by atoms with Gasteiger partial charge in [0.05, 0.1) is 11.1 Å².